The van der Waals surface area contributed by atoms with Gasteiger partial charge in [0, 0.05) is 12.7 Å². The van der Waals surface area contributed by atoms with E-state index < -0.39 is 0 Å². The first-order valence-electron chi connectivity index (χ1n) is 6.08. The second-order valence-corrected chi connectivity index (χ2v) is 4.25. The number of pyridine rings is 1. The largest absolute Gasteiger partial charge is 0.490 e. The van der Waals surface area contributed by atoms with Crippen molar-refractivity contribution >= 4 is 5.84 Å². The van der Waals surface area contributed by atoms with Gasteiger partial charge in [-0.1, -0.05) is 5.16 Å². The molecule has 1 aliphatic rings. The molecule has 1 aromatic rings. The van der Waals surface area contributed by atoms with Crippen molar-refractivity contribution in [2.75, 3.05) is 26.2 Å². The molecule has 0 radical (unpaired) electrons. The molecule has 1 saturated heterocycles. The van der Waals surface area contributed by atoms with Gasteiger partial charge in [0.25, 0.3) is 0 Å². The maximum atomic E-state index is 8.69. The van der Waals surface area contributed by atoms with Crippen molar-refractivity contribution in [1.29, 1.82) is 0 Å². The van der Waals surface area contributed by atoms with Crippen molar-refractivity contribution < 1.29 is 9.94 Å². The molecule has 2 rings (SSSR count). The van der Waals surface area contributed by atoms with E-state index in [1.807, 2.05) is 0 Å². The maximum Gasteiger partial charge on any atom is 0.173 e. The zero-order valence-corrected chi connectivity index (χ0v) is 10.2. The molecule has 6 heteroatoms. The molecule has 0 aromatic carbocycles. The Kier molecular flexibility index (Phi) is 4.35. The van der Waals surface area contributed by atoms with E-state index in [0.717, 1.165) is 19.6 Å². The van der Waals surface area contributed by atoms with E-state index >= 15 is 0 Å². The maximum absolute atomic E-state index is 8.69. The van der Waals surface area contributed by atoms with Crippen molar-refractivity contribution in [2.24, 2.45) is 10.9 Å². The van der Waals surface area contributed by atoms with Crippen molar-refractivity contribution in [1.82, 2.24) is 9.88 Å². The second-order valence-electron chi connectivity index (χ2n) is 4.25. The van der Waals surface area contributed by atoms with Crippen LogP contribution >= 0.6 is 0 Å². The minimum absolute atomic E-state index is 0.0357. The lowest BCUT2D eigenvalue weighted by Gasteiger charge is -2.15. The fourth-order valence-electron chi connectivity index (χ4n) is 2.05. The molecule has 0 spiro atoms. The Bertz CT molecular complexity index is 416. The van der Waals surface area contributed by atoms with Crippen LogP contribution in [0, 0.1) is 0 Å². The van der Waals surface area contributed by atoms with Crippen molar-refractivity contribution in [2.45, 2.75) is 12.8 Å². The van der Waals surface area contributed by atoms with E-state index in [0.29, 0.717) is 17.9 Å². The number of rotatable bonds is 5. The van der Waals surface area contributed by atoms with Crippen LogP contribution in [0.1, 0.15) is 18.4 Å². The number of aromatic nitrogens is 1. The summed E-state index contributed by atoms with van der Waals surface area (Å²) in [5, 5.41) is 11.7. The highest BCUT2D eigenvalue weighted by Crippen LogP contribution is 2.16. The van der Waals surface area contributed by atoms with E-state index in [2.05, 4.69) is 15.0 Å². The summed E-state index contributed by atoms with van der Waals surface area (Å²) in [7, 11) is 0. The van der Waals surface area contributed by atoms with Gasteiger partial charge in [-0.25, -0.2) is 0 Å². The van der Waals surface area contributed by atoms with E-state index in [1.54, 1.807) is 18.5 Å². The highest BCUT2D eigenvalue weighted by molar-refractivity contribution is 5.99. The number of ether oxygens (including phenoxy) is 1. The Morgan fingerprint density at radius 1 is 1.50 bits per heavy atom. The minimum Gasteiger partial charge on any atom is -0.490 e. The Labute approximate surface area is 106 Å². The van der Waals surface area contributed by atoms with E-state index in [9.17, 15) is 0 Å². The average Bonchev–Trinajstić information content (AvgIpc) is 2.92. The lowest BCUT2D eigenvalue weighted by Crippen LogP contribution is -2.25. The number of amidine groups is 1. The van der Waals surface area contributed by atoms with Crippen LogP contribution in [0.4, 0.5) is 0 Å². The average molecular weight is 250 g/mol. The normalized spacial score (nSPS) is 17.0. The molecule has 2 heterocycles. The number of nitrogens with two attached hydrogens (primary N) is 1. The summed E-state index contributed by atoms with van der Waals surface area (Å²) in [5.74, 6) is 0.584. The molecule has 3 N–H and O–H groups in total. The number of oxime groups is 1. The molecule has 0 bridgehead atoms. The van der Waals surface area contributed by atoms with Crippen LogP contribution in [0.25, 0.3) is 0 Å². The van der Waals surface area contributed by atoms with Gasteiger partial charge in [0.1, 0.15) is 12.4 Å². The summed E-state index contributed by atoms with van der Waals surface area (Å²) in [5.41, 5.74) is 6.13. The molecule has 6 nitrogen and oxygen atoms in total. The molecule has 1 aliphatic heterocycles. The zero-order chi connectivity index (χ0) is 12.8. The van der Waals surface area contributed by atoms with Crippen LogP contribution < -0.4 is 10.5 Å². The van der Waals surface area contributed by atoms with E-state index in [1.165, 1.54) is 12.8 Å². The molecule has 0 aliphatic carbocycles. The quantitative estimate of drug-likeness (QED) is 0.347. The molecule has 1 fully saturated rings. The SMILES string of the molecule is N/C(=N/O)c1ccncc1OCCN1CCCC1. The third-order valence-corrected chi connectivity index (χ3v) is 3.03. The van der Waals surface area contributed by atoms with Crippen LogP contribution in [0.2, 0.25) is 0 Å². The number of nitrogens with zero attached hydrogens (tertiary/aromatic N) is 3. The van der Waals surface area contributed by atoms with Crippen molar-refractivity contribution in [3.63, 3.8) is 0 Å². The molecule has 1 aromatic heterocycles. The third-order valence-electron chi connectivity index (χ3n) is 3.03. The number of hydrogen-bond donors (Lipinski definition) is 2. The van der Waals surface area contributed by atoms with Gasteiger partial charge in [-0.3, -0.25) is 9.88 Å². The molecule has 18 heavy (non-hydrogen) atoms. The lowest BCUT2D eigenvalue weighted by atomic mass is 10.2. The molecular formula is C12H18N4O2. The third kappa shape index (κ3) is 3.10. The first-order chi connectivity index (χ1) is 8.81. The van der Waals surface area contributed by atoms with Crippen LogP contribution in [0.3, 0.4) is 0 Å². The first kappa shape index (κ1) is 12.6. The highest BCUT2D eigenvalue weighted by atomic mass is 16.5. The summed E-state index contributed by atoms with van der Waals surface area (Å²) in [6, 6.07) is 1.67. The van der Waals surface area contributed by atoms with E-state index in [4.69, 9.17) is 15.7 Å². The Hall–Kier alpha value is -1.82. The van der Waals surface area contributed by atoms with Gasteiger partial charge < -0.3 is 15.7 Å². The van der Waals surface area contributed by atoms with Gasteiger partial charge in [0.2, 0.25) is 0 Å². The van der Waals surface area contributed by atoms with Crippen molar-refractivity contribution in [3.8, 4) is 5.75 Å². The monoisotopic (exact) mass is 250 g/mol. The second kappa shape index (κ2) is 6.20. The summed E-state index contributed by atoms with van der Waals surface area (Å²) in [6.07, 6.45) is 5.70. The van der Waals surface area contributed by atoms with Gasteiger partial charge >= 0.3 is 0 Å². The van der Waals surface area contributed by atoms with Gasteiger partial charge in [0.15, 0.2) is 5.84 Å². The van der Waals surface area contributed by atoms with Gasteiger partial charge in [0.05, 0.1) is 11.8 Å². The Morgan fingerprint density at radius 3 is 3.00 bits per heavy atom. The van der Waals surface area contributed by atoms with Crippen LogP contribution in [0.5, 0.6) is 5.75 Å². The molecule has 0 atom stereocenters. The smallest absolute Gasteiger partial charge is 0.173 e. The summed E-state index contributed by atoms with van der Waals surface area (Å²) >= 11 is 0. The molecular weight excluding hydrogens is 232 g/mol. The van der Waals surface area contributed by atoms with Crippen LogP contribution in [0.15, 0.2) is 23.6 Å². The summed E-state index contributed by atoms with van der Waals surface area (Å²) in [6.45, 7) is 3.76. The topological polar surface area (TPSA) is 84.0 Å². The Morgan fingerprint density at radius 2 is 2.28 bits per heavy atom. The highest BCUT2D eigenvalue weighted by Gasteiger charge is 2.12. The first-order valence-corrected chi connectivity index (χ1v) is 6.08. The van der Waals surface area contributed by atoms with Gasteiger partial charge in [-0.2, -0.15) is 0 Å². The molecule has 0 unspecified atom stereocenters. The van der Waals surface area contributed by atoms with Gasteiger partial charge in [-0.05, 0) is 32.0 Å². The molecule has 0 saturated carbocycles. The lowest BCUT2D eigenvalue weighted by molar-refractivity contribution is 0.237. The standard InChI is InChI=1S/C12H18N4O2/c13-12(15-17)10-3-4-14-9-11(10)18-8-7-16-5-1-2-6-16/h3-4,9,17H,1-2,5-8H2,(H2,13,15). The molecule has 0 amide bonds. The summed E-state index contributed by atoms with van der Waals surface area (Å²) in [4.78, 5) is 6.34. The predicted molar refractivity (Wildman–Crippen MR) is 67.9 cm³/mol. The van der Waals surface area contributed by atoms with Gasteiger partial charge in [-0.15, -0.1) is 0 Å². The minimum atomic E-state index is 0.0357. The van der Waals surface area contributed by atoms with Crippen molar-refractivity contribution in [3.05, 3.63) is 24.0 Å². The number of likely N-dealkylation sites (tertiary alicyclic amines) is 1. The predicted octanol–water partition coefficient (Wildman–Crippen LogP) is 0.651. The molecule has 98 valence electrons. The fraction of sp³-hybridized carbons (Fsp3) is 0.500. The number of hydrogen-bond acceptors (Lipinski definition) is 5. The van der Waals surface area contributed by atoms with Crippen LogP contribution in [-0.2, 0) is 0 Å². The zero-order valence-electron chi connectivity index (χ0n) is 10.2. The summed E-state index contributed by atoms with van der Waals surface area (Å²) < 4.78 is 5.65. The Balaban J connectivity index is 1.92. The fourth-order valence-corrected chi connectivity index (χ4v) is 2.05. The van der Waals surface area contributed by atoms with E-state index in [-0.39, 0.29) is 5.84 Å². The van der Waals surface area contributed by atoms with Crippen LogP contribution in [-0.4, -0.2) is 47.2 Å².